The van der Waals surface area contributed by atoms with Crippen molar-refractivity contribution in [2.75, 3.05) is 6.61 Å². The van der Waals surface area contributed by atoms with Gasteiger partial charge in [0.05, 0.1) is 20.2 Å². The third-order valence-electron chi connectivity index (χ3n) is 4.99. The van der Waals surface area contributed by atoms with Crippen LogP contribution in [0, 0.1) is 18.6 Å². The lowest BCUT2D eigenvalue weighted by atomic mass is 9.86. The molecule has 0 aliphatic heterocycles. The Bertz CT molecular complexity index is 943. The van der Waals surface area contributed by atoms with Crippen molar-refractivity contribution in [3.8, 4) is 0 Å². The second-order valence-electron chi connectivity index (χ2n) is 6.86. The number of imidazole rings is 1. The van der Waals surface area contributed by atoms with Crippen LogP contribution >= 0.6 is 0 Å². The number of carbonyl (C=O) groups is 1. The fraction of sp³-hybridized carbons (Fsp3) is 0.273. The molecule has 0 unspecified atom stereocenters. The number of hydrogen-bond donors (Lipinski definition) is 1. The summed E-state index contributed by atoms with van der Waals surface area (Å²) in [5, 5.41) is 11.2. The van der Waals surface area contributed by atoms with Gasteiger partial charge in [0.25, 0.3) is 5.82 Å². The maximum Gasteiger partial charge on any atom is 0.347 e. The lowest BCUT2D eigenvalue weighted by molar-refractivity contribution is -0.677. The van der Waals surface area contributed by atoms with Gasteiger partial charge in [0.2, 0.25) is 5.60 Å². The van der Waals surface area contributed by atoms with Crippen LogP contribution in [0.2, 0.25) is 0 Å². The zero-order valence-electron chi connectivity index (χ0n) is 16.7. The normalized spacial score (nSPS) is 11.1. The largest absolute Gasteiger partial charge is 1.00 e. The molecule has 1 N–H and O–H groups in total. The Morgan fingerprint density at radius 3 is 2.00 bits per heavy atom. The summed E-state index contributed by atoms with van der Waals surface area (Å²) in [5.74, 6) is -0.839. The Labute approximate surface area is 184 Å². The summed E-state index contributed by atoms with van der Waals surface area (Å²) in [5.41, 5.74) is -1.88. The van der Waals surface area contributed by atoms with Gasteiger partial charge in [0.1, 0.15) is 24.0 Å². The van der Waals surface area contributed by atoms with Gasteiger partial charge in [-0.05, 0) is 35.4 Å². The summed E-state index contributed by atoms with van der Waals surface area (Å²) in [6.45, 7) is 2.71. The molecule has 0 fully saturated rings. The van der Waals surface area contributed by atoms with E-state index in [2.05, 4.69) is 0 Å². The Balaban J connectivity index is 0.00000320. The number of hydrogen-bond acceptors (Lipinski definition) is 3. The van der Waals surface area contributed by atoms with Gasteiger partial charge in [0.15, 0.2) is 0 Å². The van der Waals surface area contributed by atoms with Crippen LogP contribution in [0.25, 0.3) is 0 Å². The molecule has 0 saturated heterocycles. The van der Waals surface area contributed by atoms with Gasteiger partial charge in [-0.1, -0.05) is 24.3 Å². The van der Waals surface area contributed by atoms with E-state index in [4.69, 9.17) is 4.74 Å². The molecule has 1 aromatic heterocycles. The Kier molecular flexibility index (Phi) is 7.86. The molecule has 3 rings (SSSR count). The van der Waals surface area contributed by atoms with Crippen molar-refractivity contribution in [3.63, 3.8) is 0 Å². The number of aromatic nitrogens is 2. The van der Waals surface area contributed by atoms with E-state index >= 15 is 0 Å². The third-order valence-corrected chi connectivity index (χ3v) is 4.99. The van der Waals surface area contributed by atoms with Gasteiger partial charge >= 0.3 is 5.97 Å². The van der Waals surface area contributed by atoms with Crippen molar-refractivity contribution in [1.29, 1.82) is 0 Å². The van der Waals surface area contributed by atoms with Crippen LogP contribution < -0.4 is 21.5 Å². The lowest BCUT2D eigenvalue weighted by Gasteiger charge is -2.27. The van der Waals surface area contributed by atoms with Crippen LogP contribution in [0.15, 0.2) is 60.9 Å². The van der Waals surface area contributed by atoms with Crippen LogP contribution in [0.4, 0.5) is 8.78 Å². The van der Waals surface area contributed by atoms with Crippen molar-refractivity contribution in [1.82, 2.24) is 4.57 Å². The third kappa shape index (κ3) is 4.94. The predicted molar refractivity (Wildman–Crippen MR) is 102 cm³/mol. The first kappa shape index (κ1) is 23.7. The minimum absolute atomic E-state index is 0. The van der Waals surface area contributed by atoms with E-state index in [0.717, 1.165) is 30.1 Å². The first-order chi connectivity index (χ1) is 13.8. The Hall–Kier alpha value is -2.58. The number of halogens is 3. The molecular formula is C22H23BrF2N2O3. The van der Waals surface area contributed by atoms with E-state index in [-0.39, 0.29) is 34.7 Å². The van der Waals surface area contributed by atoms with Gasteiger partial charge in [-0.25, -0.2) is 22.7 Å². The minimum Gasteiger partial charge on any atom is -1.00 e. The summed E-state index contributed by atoms with van der Waals surface area (Å²) in [7, 11) is 1.94. The first-order valence-corrected chi connectivity index (χ1v) is 9.25. The highest BCUT2D eigenvalue weighted by Crippen LogP contribution is 2.31. The zero-order valence-corrected chi connectivity index (χ0v) is 18.3. The molecule has 0 atom stereocenters. The highest BCUT2D eigenvalue weighted by Gasteiger charge is 2.41. The predicted octanol–water partition coefficient (Wildman–Crippen LogP) is -0.227. The van der Waals surface area contributed by atoms with Crippen LogP contribution in [-0.2, 0) is 28.7 Å². The van der Waals surface area contributed by atoms with E-state index in [1.807, 2.05) is 35.5 Å². The summed E-state index contributed by atoms with van der Waals surface area (Å²) in [6, 6.07) is 9.81. The van der Waals surface area contributed by atoms with Crippen LogP contribution in [0.5, 0.6) is 0 Å². The lowest BCUT2D eigenvalue weighted by Crippen LogP contribution is -3.00. The number of esters is 1. The van der Waals surface area contributed by atoms with Gasteiger partial charge in [-0.2, -0.15) is 0 Å². The average Bonchev–Trinajstić information content (AvgIpc) is 3.03. The van der Waals surface area contributed by atoms with Gasteiger partial charge in [0, 0.05) is 13.3 Å². The summed E-state index contributed by atoms with van der Waals surface area (Å²) in [6.07, 6.45) is 4.41. The van der Waals surface area contributed by atoms with E-state index in [0.29, 0.717) is 13.0 Å². The van der Waals surface area contributed by atoms with Crippen LogP contribution in [0.1, 0.15) is 23.4 Å². The van der Waals surface area contributed by atoms with E-state index in [1.165, 1.54) is 24.3 Å². The van der Waals surface area contributed by atoms with E-state index < -0.39 is 23.2 Å². The molecule has 8 heteroatoms. The molecule has 0 aliphatic carbocycles. The number of nitrogens with zero attached hydrogens (tertiary/aromatic N) is 2. The minimum atomic E-state index is -2.17. The topological polar surface area (TPSA) is 55.3 Å². The van der Waals surface area contributed by atoms with Crippen LogP contribution in [0.3, 0.4) is 0 Å². The molecule has 30 heavy (non-hydrogen) atoms. The maximum atomic E-state index is 13.3. The number of aryl methyl sites for hydroxylation is 2. The maximum absolute atomic E-state index is 13.3. The van der Waals surface area contributed by atoms with Crippen molar-refractivity contribution in [3.05, 3.63) is 89.5 Å². The SMILES string of the molecule is Cc1n(CCCOC(=O)C(O)(c2ccc(F)cc2)c2ccc(F)cc2)cc[n+]1C.[Br-]. The number of aliphatic hydroxyl groups is 1. The molecule has 2 aromatic carbocycles. The fourth-order valence-corrected chi connectivity index (χ4v) is 3.12. The van der Waals surface area contributed by atoms with Gasteiger partial charge in [-0.15, -0.1) is 0 Å². The van der Waals surface area contributed by atoms with Crippen molar-refractivity contribution in [2.24, 2.45) is 7.05 Å². The molecule has 0 spiro atoms. The molecule has 0 radical (unpaired) electrons. The van der Waals surface area contributed by atoms with E-state index in [9.17, 15) is 18.7 Å². The first-order valence-electron chi connectivity index (χ1n) is 9.25. The summed E-state index contributed by atoms with van der Waals surface area (Å²) in [4.78, 5) is 12.8. The molecule has 0 saturated carbocycles. The smallest absolute Gasteiger partial charge is 0.347 e. The number of benzene rings is 2. The molecule has 160 valence electrons. The molecule has 0 aliphatic rings. The zero-order chi connectivity index (χ0) is 21.0. The van der Waals surface area contributed by atoms with Crippen molar-refractivity contribution >= 4 is 5.97 Å². The second kappa shape index (κ2) is 9.95. The number of rotatable bonds is 7. The highest BCUT2D eigenvalue weighted by molar-refractivity contribution is 5.85. The average molecular weight is 481 g/mol. The Morgan fingerprint density at radius 2 is 1.57 bits per heavy atom. The van der Waals surface area contributed by atoms with Gasteiger partial charge in [-0.3, -0.25) is 0 Å². The summed E-state index contributed by atoms with van der Waals surface area (Å²) < 4.78 is 36.0. The number of carbonyl (C=O) groups excluding carboxylic acids is 1. The molecule has 0 bridgehead atoms. The second-order valence-corrected chi connectivity index (χ2v) is 6.86. The fourth-order valence-electron chi connectivity index (χ4n) is 3.12. The van der Waals surface area contributed by atoms with E-state index in [1.54, 1.807) is 0 Å². The quantitative estimate of drug-likeness (QED) is 0.289. The molecule has 1 heterocycles. The van der Waals surface area contributed by atoms with Crippen molar-refractivity contribution in [2.45, 2.75) is 25.5 Å². The number of ether oxygens (including phenoxy) is 1. The molecule has 0 amide bonds. The standard InChI is InChI=1S/C22H23F2N2O3.BrH/c1-16-25(2)13-14-26(16)12-3-15-29-21(27)22(28,17-4-8-19(23)9-5-17)18-6-10-20(24)11-7-18;/h4-11,13-14,28H,3,12,15H2,1-2H3;1H/q+1;/p-1. The Morgan fingerprint density at radius 1 is 1.07 bits per heavy atom. The molecule has 5 nitrogen and oxygen atoms in total. The molecular weight excluding hydrogens is 458 g/mol. The monoisotopic (exact) mass is 480 g/mol. The van der Waals surface area contributed by atoms with Crippen LogP contribution in [-0.4, -0.2) is 22.2 Å². The molecule has 3 aromatic rings. The van der Waals surface area contributed by atoms with Crippen molar-refractivity contribution < 1.29 is 45.0 Å². The summed E-state index contributed by atoms with van der Waals surface area (Å²) >= 11 is 0. The van der Waals surface area contributed by atoms with Gasteiger partial charge < -0.3 is 26.8 Å². The highest BCUT2D eigenvalue weighted by atomic mass is 79.9.